The Morgan fingerprint density at radius 3 is 2.46 bits per heavy atom. The molecule has 0 atom stereocenters. The molecular formula is C18H17FN2O2S. The first-order chi connectivity index (χ1) is 11.6. The van der Waals surface area contributed by atoms with Crippen molar-refractivity contribution in [3.8, 4) is 5.75 Å². The van der Waals surface area contributed by atoms with Crippen molar-refractivity contribution < 1.29 is 13.9 Å². The Balaban J connectivity index is 1.84. The van der Waals surface area contributed by atoms with Crippen LogP contribution in [0, 0.1) is 5.82 Å². The predicted molar refractivity (Wildman–Crippen MR) is 97.4 cm³/mol. The molecule has 0 unspecified atom stereocenters. The molecule has 124 valence electrons. The number of carbonyl (C=O) groups excluding carboxylic acids is 1. The molecule has 0 saturated carbocycles. The van der Waals surface area contributed by atoms with Crippen molar-refractivity contribution in [1.82, 2.24) is 5.32 Å². The van der Waals surface area contributed by atoms with Gasteiger partial charge in [-0.15, -0.1) is 0 Å². The fraction of sp³-hybridized carbons (Fsp3) is 0.111. The number of benzene rings is 2. The monoisotopic (exact) mass is 344 g/mol. The summed E-state index contributed by atoms with van der Waals surface area (Å²) in [6, 6.07) is 13.0. The Morgan fingerprint density at radius 2 is 1.83 bits per heavy atom. The van der Waals surface area contributed by atoms with E-state index in [-0.39, 0.29) is 16.8 Å². The molecule has 0 bridgehead atoms. The van der Waals surface area contributed by atoms with Crippen LogP contribution in [0.25, 0.3) is 6.08 Å². The Kier molecular flexibility index (Phi) is 6.45. The quantitative estimate of drug-likeness (QED) is 0.641. The molecular weight excluding hydrogens is 327 g/mol. The first-order valence-electron chi connectivity index (χ1n) is 7.35. The molecule has 2 aromatic rings. The van der Waals surface area contributed by atoms with Gasteiger partial charge in [0.2, 0.25) is 5.91 Å². The van der Waals surface area contributed by atoms with E-state index in [1.807, 2.05) is 19.1 Å². The Labute approximate surface area is 145 Å². The highest BCUT2D eigenvalue weighted by Gasteiger charge is 2.02. The fourth-order valence-corrected chi connectivity index (χ4v) is 2.08. The third-order valence-electron chi connectivity index (χ3n) is 2.96. The predicted octanol–water partition coefficient (Wildman–Crippen LogP) is 3.75. The lowest BCUT2D eigenvalue weighted by molar-refractivity contribution is -0.115. The van der Waals surface area contributed by atoms with Gasteiger partial charge in [-0.3, -0.25) is 10.1 Å². The molecule has 4 nitrogen and oxygen atoms in total. The average Bonchev–Trinajstić information content (AvgIpc) is 2.56. The number of nitrogens with one attached hydrogen (secondary N) is 2. The molecule has 0 aliphatic rings. The second-order valence-corrected chi connectivity index (χ2v) is 5.19. The van der Waals surface area contributed by atoms with Crippen molar-refractivity contribution in [3.05, 3.63) is 66.0 Å². The van der Waals surface area contributed by atoms with E-state index in [1.165, 1.54) is 18.2 Å². The molecule has 0 aliphatic heterocycles. The molecule has 0 saturated heterocycles. The number of hydrogen-bond acceptors (Lipinski definition) is 3. The van der Waals surface area contributed by atoms with Gasteiger partial charge in [-0.05, 0) is 67.2 Å². The standard InChI is InChI=1S/C18H17FN2O2S/c1-2-23-16-10-8-15(9-11-16)20-18(24)21-17(22)12-5-13-3-6-14(19)7-4-13/h3-12H,2H2,1H3,(H2,20,21,22,24). The summed E-state index contributed by atoms with van der Waals surface area (Å²) in [4.78, 5) is 11.8. The normalized spacial score (nSPS) is 10.4. The maximum Gasteiger partial charge on any atom is 0.250 e. The molecule has 1 amide bonds. The van der Waals surface area contributed by atoms with Crippen molar-refractivity contribution in [2.24, 2.45) is 0 Å². The molecule has 2 aromatic carbocycles. The summed E-state index contributed by atoms with van der Waals surface area (Å²) in [7, 11) is 0. The summed E-state index contributed by atoms with van der Waals surface area (Å²) in [5.74, 6) is 0.0698. The van der Waals surface area contributed by atoms with Crippen molar-refractivity contribution >= 4 is 35.0 Å². The van der Waals surface area contributed by atoms with E-state index in [1.54, 1.807) is 30.3 Å². The zero-order valence-electron chi connectivity index (χ0n) is 13.1. The molecule has 0 heterocycles. The highest BCUT2D eigenvalue weighted by Crippen LogP contribution is 2.15. The minimum atomic E-state index is -0.372. The van der Waals surface area contributed by atoms with Gasteiger partial charge in [0, 0.05) is 11.8 Å². The summed E-state index contributed by atoms with van der Waals surface area (Å²) in [5, 5.41) is 5.64. The van der Waals surface area contributed by atoms with Crippen molar-refractivity contribution in [2.75, 3.05) is 11.9 Å². The summed E-state index contributed by atoms with van der Waals surface area (Å²) >= 11 is 5.09. The van der Waals surface area contributed by atoms with Crippen LogP contribution in [-0.2, 0) is 4.79 Å². The van der Waals surface area contributed by atoms with Crippen LogP contribution in [0.15, 0.2) is 54.6 Å². The number of ether oxygens (including phenoxy) is 1. The van der Waals surface area contributed by atoms with E-state index >= 15 is 0 Å². The lowest BCUT2D eigenvalue weighted by Crippen LogP contribution is -2.32. The Morgan fingerprint density at radius 1 is 1.17 bits per heavy atom. The maximum atomic E-state index is 12.8. The number of thiocarbonyl (C=S) groups is 1. The topological polar surface area (TPSA) is 50.4 Å². The highest BCUT2D eigenvalue weighted by atomic mass is 32.1. The minimum absolute atomic E-state index is 0.188. The third kappa shape index (κ3) is 5.81. The van der Waals surface area contributed by atoms with Gasteiger partial charge in [0.05, 0.1) is 6.61 Å². The Bertz CT molecular complexity index is 728. The number of hydrogen-bond donors (Lipinski definition) is 2. The molecule has 6 heteroatoms. The van der Waals surface area contributed by atoms with Crippen LogP contribution in [0.2, 0.25) is 0 Å². The number of anilines is 1. The second-order valence-electron chi connectivity index (χ2n) is 4.79. The van der Waals surface area contributed by atoms with Crippen molar-refractivity contribution in [1.29, 1.82) is 0 Å². The van der Waals surface area contributed by atoms with E-state index in [9.17, 15) is 9.18 Å². The molecule has 0 aliphatic carbocycles. The second kappa shape index (κ2) is 8.79. The lowest BCUT2D eigenvalue weighted by atomic mass is 10.2. The summed E-state index contributed by atoms with van der Waals surface area (Å²) in [6.07, 6.45) is 2.91. The molecule has 0 spiro atoms. The van der Waals surface area contributed by atoms with Gasteiger partial charge in [0.1, 0.15) is 11.6 Å². The van der Waals surface area contributed by atoms with E-state index in [4.69, 9.17) is 17.0 Å². The van der Waals surface area contributed by atoms with Gasteiger partial charge in [-0.25, -0.2) is 4.39 Å². The molecule has 2 N–H and O–H groups in total. The van der Waals surface area contributed by atoms with Crippen molar-refractivity contribution in [2.45, 2.75) is 6.92 Å². The van der Waals surface area contributed by atoms with E-state index in [0.717, 1.165) is 17.0 Å². The number of carbonyl (C=O) groups is 1. The third-order valence-corrected chi connectivity index (χ3v) is 3.16. The summed E-state index contributed by atoms with van der Waals surface area (Å²) in [6.45, 7) is 2.51. The smallest absolute Gasteiger partial charge is 0.250 e. The van der Waals surface area contributed by atoms with Crippen LogP contribution in [0.1, 0.15) is 12.5 Å². The largest absolute Gasteiger partial charge is 0.494 e. The number of rotatable bonds is 5. The molecule has 0 aromatic heterocycles. The first-order valence-corrected chi connectivity index (χ1v) is 7.76. The van der Waals surface area contributed by atoms with Gasteiger partial charge in [-0.2, -0.15) is 0 Å². The first kappa shape index (κ1) is 17.6. The molecule has 0 radical (unpaired) electrons. The number of halogens is 1. The van der Waals surface area contributed by atoms with Crippen LogP contribution in [0.5, 0.6) is 5.75 Å². The zero-order valence-corrected chi connectivity index (χ0v) is 13.9. The Hall–Kier alpha value is -2.73. The summed E-state index contributed by atoms with van der Waals surface area (Å²) in [5.41, 5.74) is 1.46. The van der Waals surface area contributed by atoms with Crippen LogP contribution in [-0.4, -0.2) is 17.6 Å². The van der Waals surface area contributed by atoms with Crippen LogP contribution in [0.4, 0.5) is 10.1 Å². The number of amides is 1. The summed E-state index contributed by atoms with van der Waals surface area (Å²) < 4.78 is 18.1. The van der Waals surface area contributed by atoms with E-state index < -0.39 is 0 Å². The van der Waals surface area contributed by atoms with E-state index in [2.05, 4.69) is 10.6 Å². The van der Waals surface area contributed by atoms with Gasteiger partial charge in [-0.1, -0.05) is 12.1 Å². The molecule has 2 rings (SSSR count). The van der Waals surface area contributed by atoms with Crippen molar-refractivity contribution in [3.63, 3.8) is 0 Å². The zero-order chi connectivity index (χ0) is 17.4. The SMILES string of the molecule is CCOc1ccc(NC(=S)NC(=O)C=Cc2ccc(F)cc2)cc1. The fourth-order valence-electron chi connectivity index (χ4n) is 1.86. The minimum Gasteiger partial charge on any atom is -0.494 e. The molecule has 0 fully saturated rings. The average molecular weight is 344 g/mol. The van der Waals surface area contributed by atoms with Crippen LogP contribution in [0.3, 0.4) is 0 Å². The van der Waals surface area contributed by atoms with Crippen LogP contribution >= 0.6 is 12.2 Å². The van der Waals surface area contributed by atoms with Gasteiger partial charge in [0.25, 0.3) is 0 Å². The lowest BCUT2D eigenvalue weighted by Gasteiger charge is -2.09. The van der Waals surface area contributed by atoms with E-state index in [0.29, 0.717) is 6.61 Å². The van der Waals surface area contributed by atoms with Gasteiger partial charge >= 0.3 is 0 Å². The van der Waals surface area contributed by atoms with Gasteiger partial charge in [0.15, 0.2) is 5.11 Å². The van der Waals surface area contributed by atoms with Gasteiger partial charge < -0.3 is 10.1 Å². The maximum absolute atomic E-state index is 12.8. The molecule has 24 heavy (non-hydrogen) atoms. The highest BCUT2D eigenvalue weighted by molar-refractivity contribution is 7.80. The van der Waals surface area contributed by atoms with Crippen LogP contribution < -0.4 is 15.4 Å².